The Morgan fingerprint density at radius 2 is 2.30 bits per heavy atom. The Balaban J connectivity index is 1.77. The second-order valence-corrected chi connectivity index (χ2v) is 6.67. The SMILES string of the molecule is CCOc1ccc2c(c1)[C@H](N[C@@H](C)c1csc(CC)n1)CCO2. The van der Waals surface area contributed by atoms with Gasteiger partial charge in [0, 0.05) is 29.4 Å². The smallest absolute Gasteiger partial charge is 0.124 e. The van der Waals surface area contributed by atoms with Crippen LogP contribution in [0.4, 0.5) is 0 Å². The zero-order valence-corrected chi connectivity index (χ0v) is 14.8. The van der Waals surface area contributed by atoms with Crippen molar-refractivity contribution in [3.8, 4) is 11.5 Å². The zero-order valence-electron chi connectivity index (χ0n) is 14.0. The lowest BCUT2D eigenvalue weighted by Gasteiger charge is -2.29. The minimum atomic E-state index is 0.221. The van der Waals surface area contributed by atoms with Gasteiger partial charge < -0.3 is 14.8 Å². The van der Waals surface area contributed by atoms with E-state index in [1.807, 2.05) is 19.1 Å². The van der Waals surface area contributed by atoms with Crippen LogP contribution >= 0.6 is 11.3 Å². The molecule has 1 aromatic carbocycles. The highest BCUT2D eigenvalue weighted by atomic mass is 32.1. The molecule has 124 valence electrons. The van der Waals surface area contributed by atoms with Gasteiger partial charge in [-0.05, 0) is 38.5 Å². The van der Waals surface area contributed by atoms with Crippen LogP contribution < -0.4 is 14.8 Å². The molecule has 0 saturated carbocycles. The Hall–Kier alpha value is -1.59. The molecule has 0 fully saturated rings. The second kappa shape index (κ2) is 7.32. The summed E-state index contributed by atoms with van der Waals surface area (Å²) >= 11 is 1.74. The molecule has 2 heterocycles. The first-order valence-corrected chi connectivity index (χ1v) is 9.19. The molecule has 0 bridgehead atoms. The Bertz CT molecular complexity index is 656. The minimum absolute atomic E-state index is 0.221. The lowest BCUT2D eigenvalue weighted by atomic mass is 9.99. The van der Waals surface area contributed by atoms with E-state index in [2.05, 4.69) is 30.6 Å². The minimum Gasteiger partial charge on any atom is -0.494 e. The summed E-state index contributed by atoms with van der Waals surface area (Å²) in [6.07, 6.45) is 1.95. The number of fused-ring (bicyclic) bond motifs is 1. The van der Waals surface area contributed by atoms with Crippen LogP contribution in [-0.4, -0.2) is 18.2 Å². The van der Waals surface area contributed by atoms with Gasteiger partial charge in [-0.1, -0.05) is 6.92 Å². The molecular weight excluding hydrogens is 308 g/mol. The number of nitrogens with one attached hydrogen (secondary N) is 1. The molecule has 0 spiro atoms. The molecule has 4 nitrogen and oxygen atoms in total. The highest BCUT2D eigenvalue weighted by Gasteiger charge is 2.24. The first-order chi connectivity index (χ1) is 11.2. The van der Waals surface area contributed by atoms with E-state index in [-0.39, 0.29) is 12.1 Å². The normalized spacial score (nSPS) is 18.1. The Labute approximate surface area is 141 Å². The lowest BCUT2D eigenvalue weighted by molar-refractivity contribution is 0.244. The lowest BCUT2D eigenvalue weighted by Crippen LogP contribution is -2.29. The highest BCUT2D eigenvalue weighted by molar-refractivity contribution is 7.09. The van der Waals surface area contributed by atoms with Gasteiger partial charge in [-0.15, -0.1) is 11.3 Å². The maximum Gasteiger partial charge on any atom is 0.124 e. The summed E-state index contributed by atoms with van der Waals surface area (Å²) in [5.41, 5.74) is 2.31. The van der Waals surface area contributed by atoms with E-state index < -0.39 is 0 Å². The summed E-state index contributed by atoms with van der Waals surface area (Å²) in [7, 11) is 0. The van der Waals surface area contributed by atoms with Crippen molar-refractivity contribution in [3.63, 3.8) is 0 Å². The van der Waals surface area contributed by atoms with Crippen molar-refractivity contribution in [1.82, 2.24) is 10.3 Å². The van der Waals surface area contributed by atoms with E-state index >= 15 is 0 Å². The highest BCUT2D eigenvalue weighted by Crippen LogP contribution is 2.36. The number of rotatable bonds is 6. The molecule has 2 aromatic rings. The largest absolute Gasteiger partial charge is 0.494 e. The molecule has 0 unspecified atom stereocenters. The molecule has 2 atom stereocenters. The van der Waals surface area contributed by atoms with Gasteiger partial charge in [-0.3, -0.25) is 0 Å². The Morgan fingerprint density at radius 1 is 1.43 bits per heavy atom. The topological polar surface area (TPSA) is 43.4 Å². The maximum absolute atomic E-state index is 5.79. The number of hydrogen-bond donors (Lipinski definition) is 1. The number of aryl methyl sites for hydroxylation is 1. The summed E-state index contributed by atoms with van der Waals surface area (Å²) < 4.78 is 11.4. The Kier molecular flexibility index (Phi) is 5.18. The Morgan fingerprint density at radius 3 is 3.04 bits per heavy atom. The second-order valence-electron chi connectivity index (χ2n) is 5.73. The van der Waals surface area contributed by atoms with Gasteiger partial charge in [0.15, 0.2) is 0 Å². The van der Waals surface area contributed by atoms with Gasteiger partial charge in [0.2, 0.25) is 0 Å². The van der Waals surface area contributed by atoms with Crippen LogP contribution in [0.3, 0.4) is 0 Å². The summed E-state index contributed by atoms with van der Waals surface area (Å²) in [6.45, 7) is 7.73. The standard InChI is InChI=1S/C18H24N2O2S/c1-4-18-20-16(11-23-18)12(3)19-15-8-9-22-17-7-6-13(21-5-2)10-14(15)17/h6-7,10-12,15,19H,4-5,8-9H2,1-3H3/t12-,15+/m0/s1. The van der Waals surface area contributed by atoms with Gasteiger partial charge in [-0.25, -0.2) is 4.98 Å². The summed E-state index contributed by atoms with van der Waals surface area (Å²) in [5, 5.41) is 7.06. The molecule has 0 aliphatic carbocycles. The third-order valence-electron chi connectivity index (χ3n) is 4.10. The fourth-order valence-electron chi connectivity index (χ4n) is 2.88. The quantitative estimate of drug-likeness (QED) is 0.857. The number of ether oxygens (including phenoxy) is 2. The molecule has 1 aliphatic rings. The van der Waals surface area contributed by atoms with Crippen LogP contribution in [0, 0.1) is 0 Å². The molecule has 0 radical (unpaired) electrons. The van der Waals surface area contributed by atoms with Crippen LogP contribution in [0.5, 0.6) is 11.5 Å². The van der Waals surface area contributed by atoms with Gasteiger partial charge in [0.05, 0.1) is 23.9 Å². The van der Waals surface area contributed by atoms with Gasteiger partial charge in [0.1, 0.15) is 11.5 Å². The fourth-order valence-corrected chi connectivity index (χ4v) is 3.71. The molecule has 0 saturated heterocycles. The molecule has 5 heteroatoms. The molecule has 23 heavy (non-hydrogen) atoms. The van der Waals surface area contributed by atoms with E-state index in [0.29, 0.717) is 6.61 Å². The van der Waals surface area contributed by atoms with Crippen LogP contribution in [-0.2, 0) is 6.42 Å². The van der Waals surface area contributed by atoms with E-state index in [0.717, 1.165) is 36.6 Å². The summed E-state index contributed by atoms with van der Waals surface area (Å²) in [5.74, 6) is 1.86. The summed E-state index contributed by atoms with van der Waals surface area (Å²) in [4.78, 5) is 4.70. The average molecular weight is 332 g/mol. The van der Waals surface area contributed by atoms with Gasteiger partial charge in [-0.2, -0.15) is 0 Å². The molecule has 1 aliphatic heterocycles. The predicted octanol–water partition coefficient (Wildman–Crippen LogP) is 4.28. The average Bonchev–Trinajstić information content (AvgIpc) is 3.05. The van der Waals surface area contributed by atoms with Crippen LogP contribution in [0.25, 0.3) is 0 Å². The van der Waals surface area contributed by atoms with E-state index in [9.17, 15) is 0 Å². The van der Waals surface area contributed by atoms with Crippen LogP contribution in [0.15, 0.2) is 23.6 Å². The zero-order chi connectivity index (χ0) is 16.2. The first kappa shape index (κ1) is 16.3. The first-order valence-electron chi connectivity index (χ1n) is 8.31. The van der Waals surface area contributed by atoms with Crippen molar-refractivity contribution in [2.75, 3.05) is 13.2 Å². The van der Waals surface area contributed by atoms with Gasteiger partial charge >= 0.3 is 0 Å². The number of thiazole rings is 1. The fraction of sp³-hybridized carbons (Fsp3) is 0.500. The third kappa shape index (κ3) is 3.67. The van der Waals surface area contributed by atoms with Crippen molar-refractivity contribution >= 4 is 11.3 Å². The van der Waals surface area contributed by atoms with E-state index in [1.54, 1.807) is 11.3 Å². The van der Waals surface area contributed by atoms with Crippen LogP contribution in [0.2, 0.25) is 0 Å². The van der Waals surface area contributed by atoms with E-state index in [1.165, 1.54) is 10.6 Å². The number of aromatic nitrogens is 1. The van der Waals surface area contributed by atoms with Gasteiger partial charge in [0.25, 0.3) is 0 Å². The molecule has 1 aromatic heterocycles. The molecular formula is C18H24N2O2S. The number of nitrogens with zero attached hydrogens (tertiary/aromatic N) is 1. The van der Waals surface area contributed by atoms with Crippen molar-refractivity contribution in [1.29, 1.82) is 0 Å². The van der Waals surface area contributed by atoms with Crippen molar-refractivity contribution in [2.45, 2.75) is 45.7 Å². The van der Waals surface area contributed by atoms with E-state index in [4.69, 9.17) is 14.5 Å². The third-order valence-corrected chi connectivity index (χ3v) is 5.11. The monoisotopic (exact) mass is 332 g/mol. The molecule has 0 amide bonds. The predicted molar refractivity (Wildman–Crippen MR) is 93.5 cm³/mol. The molecule has 3 rings (SSSR count). The van der Waals surface area contributed by atoms with Crippen molar-refractivity contribution < 1.29 is 9.47 Å². The van der Waals surface area contributed by atoms with Crippen molar-refractivity contribution in [2.24, 2.45) is 0 Å². The maximum atomic E-state index is 5.79. The molecule has 1 N–H and O–H groups in total. The number of hydrogen-bond acceptors (Lipinski definition) is 5. The summed E-state index contributed by atoms with van der Waals surface area (Å²) in [6, 6.07) is 6.57. The van der Waals surface area contributed by atoms with Crippen molar-refractivity contribution in [3.05, 3.63) is 39.8 Å². The van der Waals surface area contributed by atoms with Crippen LogP contribution in [0.1, 0.15) is 55.5 Å². The number of benzene rings is 1.